The Morgan fingerprint density at radius 1 is 1.26 bits per heavy atom. The standard InChI is InChI=1S/C14H20Cl2N2O/c15-12-4-1-3-11(14(12)16)13(17)5-7-18-6-2-9-19-10-8-18/h1,3-4,13H,2,5-10,17H2. The maximum absolute atomic E-state index is 6.22. The van der Waals surface area contributed by atoms with Gasteiger partial charge in [-0.3, -0.25) is 0 Å². The number of ether oxygens (including phenoxy) is 1. The smallest absolute Gasteiger partial charge is 0.0640 e. The summed E-state index contributed by atoms with van der Waals surface area (Å²) in [4.78, 5) is 2.39. The van der Waals surface area contributed by atoms with Crippen molar-refractivity contribution in [1.29, 1.82) is 0 Å². The van der Waals surface area contributed by atoms with Crippen LogP contribution in [0.2, 0.25) is 10.0 Å². The Bertz CT molecular complexity index is 406. The lowest BCUT2D eigenvalue weighted by Gasteiger charge is -2.22. The van der Waals surface area contributed by atoms with Crippen molar-refractivity contribution in [2.75, 3.05) is 32.8 Å². The van der Waals surface area contributed by atoms with Crippen molar-refractivity contribution in [3.8, 4) is 0 Å². The van der Waals surface area contributed by atoms with Gasteiger partial charge in [0.1, 0.15) is 0 Å². The molecule has 2 N–H and O–H groups in total. The zero-order valence-electron chi connectivity index (χ0n) is 10.9. The van der Waals surface area contributed by atoms with Crippen LogP contribution >= 0.6 is 23.2 Å². The van der Waals surface area contributed by atoms with Crippen molar-refractivity contribution in [2.24, 2.45) is 5.73 Å². The van der Waals surface area contributed by atoms with E-state index < -0.39 is 0 Å². The third kappa shape index (κ3) is 4.33. The van der Waals surface area contributed by atoms with Crippen LogP contribution in [-0.2, 0) is 4.74 Å². The molecule has 106 valence electrons. The Labute approximate surface area is 124 Å². The number of nitrogens with zero attached hydrogens (tertiary/aromatic N) is 1. The Kier molecular flexibility index (Phi) is 5.92. The highest BCUT2D eigenvalue weighted by Gasteiger charge is 2.15. The third-order valence-electron chi connectivity index (χ3n) is 3.45. The van der Waals surface area contributed by atoms with Gasteiger partial charge in [0.05, 0.1) is 16.7 Å². The summed E-state index contributed by atoms with van der Waals surface area (Å²) < 4.78 is 5.44. The molecule has 0 amide bonds. The minimum absolute atomic E-state index is 0.0737. The first-order chi connectivity index (χ1) is 9.18. The zero-order valence-corrected chi connectivity index (χ0v) is 12.5. The highest BCUT2D eigenvalue weighted by Crippen LogP contribution is 2.30. The van der Waals surface area contributed by atoms with E-state index in [1.54, 1.807) is 6.07 Å². The fourth-order valence-electron chi connectivity index (χ4n) is 2.31. The van der Waals surface area contributed by atoms with E-state index in [0.29, 0.717) is 10.0 Å². The normalized spacial score (nSPS) is 19.1. The summed E-state index contributed by atoms with van der Waals surface area (Å²) in [5.41, 5.74) is 7.15. The van der Waals surface area contributed by atoms with Crippen LogP contribution < -0.4 is 5.73 Å². The van der Waals surface area contributed by atoms with Crippen LogP contribution in [-0.4, -0.2) is 37.7 Å². The van der Waals surface area contributed by atoms with Crippen LogP contribution in [0, 0.1) is 0 Å². The number of benzene rings is 1. The van der Waals surface area contributed by atoms with Crippen molar-refractivity contribution in [1.82, 2.24) is 4.90 Å². The fraction of sp³-hybridized carbons (Fsp3) is 0.571. The Morgan fingerprint density at radius 2 is 2.11 bits per heavy atom. The van der Waals surface area contributed by atoms with E-state index in [4.69, 9.17) is 33.7 Å². The number of hydrogen-bond donors (Lipinski definition) is 1. The molecule has 5 heteroatoms. The van der Waals surface area contributed by atoms with Gasteiger partial charge in [-0.15, -0.1) is 0 Å². The first kappa shape index (κ1) is 15.1. The van der Waals surface area contributed by atoms with Gasteiger partial charge < -0.3 is 15.4 Å². The average molecular weight is 303 g/mol. The third-order valence-corrected chi connectivity index (χ3v) is 4.29. The molecule has 1 aliphatic heterocycles. The number of halogens is 2. The maximum atomic E-state index is 6.22. The van der Waals surface area contributed by atoms with Crippen LogP contribution in [0.25, 0.3) is 0 Å². The van der Waals surface area contributed by atoms with E-state index in [0.717, 1.165) is 51.3 Å². The molecule has 1 aromatic rings. The molecule has 1 unspecified atom stereocenters. The van der Waals surface area contributed by atoms with E-state index in [9.17, 15) is 0 Å². The second-order valence-electron chi connectivity index (χ2n) is 4.85. The SMILES string of the molecule is NC(CCN1CCCOCC1)c1cccc(Cl)c1Cl. The van der Waals surface area contributed by atoms with Crippen molar-refractivity contribution >= 4 is 23.2 Å². The van der Waals surface area contributed by atoms with Crippen LogP contribution in [0.3, 0.4) is 0 Å². The van der Waals surface area contributed by atoms with E-state index in [1.807, 2.05) is 12.1 Å². The minimum Gasteiger partial charge on any atom is -0.380 e. The predicted octanol–water partition coefficient (Wildman–Crippen LogP) is 3.11. The molecule has 1 aliphatic rings. The summed E-state index contributed by atoms with van der Waals surface area (Å²) in [6, 6.07) is 5.55. The summed E-state index contributed by atoms with van der Waals surface area (Å²) in [6.07, 6.45) is 1.97. The largest absolute Gasteiger partial charge is 0.380 e. The molecule has 0 radical (unpaired) electrons. The van der Waals surface area contributed by atoms with Crippen molar-refractivity contribution in [3.63, 3.8) is 0 Å². The highest BCUT2D eigenvalue weighted by molar-refractivity contribution is 6.42. The first-order valence-corrected chi connectivity index (χ1v) is 7.43. The zero-order chi connectivity index (χ0) is 13.7. The first-order valence-electron chi connectivity index (χ1n) is 6.68. The van der Waals surface area contributed by atoms with E-state index in [2.05, 4.69) is 4.90 Å². The molecule has 19 heavy (non-hydrogen) atoms. The lowest BCUT2D eigenvalue weighted by atomic mass is 10.0. The van der Waals surface area contributed by atoms with Gasteiger partial charge in [0, 0.05) is 32.3 Å². The van der Waals surface area contributed by atoms with Gasteiger partial charge in [-0.05, 0) is 24.5 Å². The van der Waals surface area contributed by atoms with E-state index in [-0.39, 0.29) is 6.04 Å². The van der Waals surface area contributed by atoms with Crippen LogP contribution in [0.4, 0.5) is 0 Å². The monoisotopic (exact) mass is 302 g/mol. The predicted molar refractivity (Wildman–Crippen MR) is 79.9 cm³/mol. The van der Waals surface area contributed by atoms with E-state index in [1.165, 1.54) is 0 Å². The minimum atomic E-state index is -0.0737. The highest BCUT2D eigenvalue weighted by atomic mass is 35.5. The molecule has 0 aliphatic carbocycles. The molecule has 3 nitrogen and oxygen atoms in total. The molecule has 0 bridgehead atoms. The molecule has 0 saturated carbocycles. The quantitative estimate of drug-likeness (QED) is 0.929. The van der Waals surface area contributed by atoms with Crippen molar-refractivity contribution in [3.05, 3.63) is 33.8 Å². The van der Waals surface area contributed by atoms with Crippen LogP contribution in [0.1, 0.15) is 24.4 Å². The molecular formula is C14H20Cl2N2O. The van der Waals surface area contributed by atoms with Gasteiger partial charge in [-0.2, -0.15) is 0 Å². The molecule has 0 aromatic heterocycles. The van der Waals surface area contributed by atoms with Crippen molar-refractivity contribution < 1.29 is 4.74 Å². The maximum Gasteiger partial charge on any atom is 0.0640 e. The molecule has 1 aromatic carbocycles. The molecule has 2 rings (SSSR count). The topological polar surface area (TPSA) is 38.5 Å². The summed E-state index contributed by atoms with van der Waals surface area (Å²) in [5, 5.41) is 1.15. The van der Waals surface area contributed by atoms with Crippen molar-refractivity contribution in [2.45, 2.75) is 18.9 Å². The van der Waals surface area contributed by atoms with Gasteiger partial charge >= 0.3 is 0 Å². The lowest BCUT2D eigenvalue weighted by molar-refractivity contribution is 0.141. The van der Waals surface area contributed by atoms with Crippen LogP contribution in [0.15, 0.2) is 18.2 Å². The van der Waals surface area contributed by atoms with Gasteiger partial charge in [-0.25, -0.2) is 0 Å². The van der Waals surface area contributed by atoms with Gasteiger partial charge in [0.15, 0.2) is 0 Å². The Balaban J connectivity index is 1.89. The second-order valence-corrected chi connectivity index (χ2v) is 5.63. The lowest BCUT2D eigenvalue weighted by Crippen LogP contribution is -2.29. The van der Waals surface area contributed by atoms with Gasteiger partial charge in [0.2, 0.25) is 0 Å². The fourth-order valence-corrected chi connectivity index (χ4v) is 2.75. The summed E-state index contributed by atoms with van der Waals surface area (Å²) in [5.74, 6) is 0. The average Bonchev–Trinajstić information content (AvgIpc) is 2.68. The van der Waals surface area contributed by atoms with Crippen LogP contribution in [0.5, 0.6) is 0 Å². The van der Waals surface area contributed by atoms with Gasteiger partial charge in [0.25, 0.3) is 0 Å². The summed E-state index contributed by atoms with van der Waals surface area (Å²) >= 11 is 12.2. The summed E-state index contributed by atoms with van der Waals surface area (Å²) in [6.45, 7) is 4.70. The number of rotatable bonds is 4. The number of hydrogen-bond acceptors (Lipinski definition) is 3. The molecule has 1 saturated heterocycles. The second kappa shape index (κ2) is 7.46. The molecule has 1 heterocycles. The molecule has 1 atom stereocenters. The molecule has 0 spiro atoms. The Hall–Kier alpha value is -0.320. The molecular weight excluding hydrogens is 283 g/mol. The number of nitrogens with two attached hydrogens (primary N) is 1. The summed E-state index contributed by atoms with van der Waals surface area (Å²) in [7, 11) is 0. The van der Waals surface area contributed by atoms with Gasteiger partial charge in [-0.1, -0.05) is 35.3 Å². The Morgan fingerprint density at radius 3 is 2.95 bits per heavy atom. The van der Waals surface area contributed by atoms with E-state index >= 15 is 0 Å². The molecule has 1 fully saturated rings.